The van der Waals surface area contributed by atoms with Gasteiger partial charge in [0.1, 0.15) is 0 Å². The summed E-state index contributed by atoms with van der Waals surface area (Å²) in [6, 6.07) is 3.29. The normalized spacial score (nSPS) is 10.5. The van der Waals surface area contributed by atoms with Gasteiger partial charge in [0, 0.05) is 25.5 Å². The molecule has 134 valence electrons. The number of nitrogens with zero attached hydrogens (tertiary/aromatic N) is 2. The summed E-state index contributed by atoms with van der Waals surface area (Å²) in [5.74, 6) is -0.421. The van der Waals surface area contributed by atoms with E-state index in [4.69, 9.17) is 5.73 Å². The van der Waals surface area contributed by atoms with Crippen LogP contribution in [0, 0.1) is 0 Å². The molecule has 2 aromatic rings. The van der Waals surface area contributed by atoms with Crippen molar-refractivity contribution >= 4 is 36.4 Å². The van der Waals surface area contributed by atoms with Crippen LogP contribution in [0.25, 0.3) is 0 Å². The summed E-state index contributed by atoms with van der Waals surface area (Å²) in [6.45, 7) is -0.0462. The monoisotopic (exact) mass is 384 g/mol. The average molecular weight is 385 g/mol. The maximum absolute atomic E-state index is 12.8. The summed E-state index contributed by atoms with van der Waals surface area (Å²) in [7, 11) is 1.71. The second kappa shape index (κ2) is 8.91. The number of nitrogens with one attached hydrogen (secondary N) is 1. The second-order valence-electron chi connectivity index (χ2n) is 4.87. The van der Waals surface area contributed by atoms with Gasteiger partial charge in [-0.25, -0.2) is 0 Å². The van der Waals surface area contributed by atoms with Crippen molar-refractivity contribution in [3.63, 3.8) is 0 Å². The van der Waals surface area contributed by atoms with Crippen LogP contribution in [0.5, 0.6) is 0 Å². The molecular formula is C14H17Cl2F3N4O. The zero-order chi connectivity index (χ0) is 16.3. The Kier molecular flexibility index (Phi) is 8.25. The Bertz CT molecular complexity index is 689. The highest BCUT2D eigenvalue weighted by molar-refractivity contribution is 5.92. The predicted molar refractivity (Wildman–Crippen MR) is 89.4 cm³/mol. The van der Waals surface area contributed by atoms with Crippen LogP contribution in [-0.4, -0.2) is 15.7 Å². The maximum Gasteiger partial charge on any atom is 0.416 e. The molecule has 5 nitrogen and oxygen atoms in total. The Hall–Kier alpha value is -1.77. The average Bonchev–Trinajstić information content (AvgIpc) is 2.82. The first-order chi connectivity index (χ1) is 10.3. The van der Waals surface area contributed by atoms with Crippen LogP contribution >= 0.6 is 24.8 Å². The molecule has 0 aliphatic carbocycles. The van der Waals surface area contributed by atoms with Crippen LogP contribution in [0.3, 0.4) is 0 Å². The first-order valence-corrected chi connectivity index (χ1v) is 6.46. The van der Waals surface area contributed by atoms with E-state index in [1.165, 1.54) is 12.3 Å². The summed E-state index contributed by atoms with van der Waals surface area (Å²) >= 11 is 0. The molecule has 0 radical (unpaired) electrons. The van der Waals surface area contributed by atoms with Crippen molar-refractivity contribution < 1.29 is 18.0 Å². The number of rotatable bonds is 4. The van der Waals surface area contributed by atoms with Gasteiger partial charge in [-0.05, 0) is 29.3 Å². The van der Waals surface area contributed by atoms with Crippen molar-refractivity contribution in [3.8, 4) is 0 Å². The van der Waals surface area contributed by atoms with Gasteiger partial charge in [-0.3, -0.25) is 9.48 Å². The molecule has 2 rings (SSSR count). The maximum atomic E-state index is 12.8. The van der Waals surface area contributed by atoms with Gasteiger partial charge >= 0.3 is 6.18 Å². The van der Waals surface area contributed by atoms with E-state index in [0.717, 1.165) is 12.1 Å². The number of aryl methyl sites for hydroxylation is 1. The van der Waals surface area contributed by atoms with Crippen molar-refractivity contribution in [2.45, 2.75) is 19.1 Å². The molecule has 24 heavy (non-hydrogen) atoms. The third-order valence-corrected chi connectivity index (χ3v) is 2.96. The summed E-state index contributed by atoms with van der Waals surface area (Å²) in [5.41, 5.74) is 5.60. The Morgan fingerprint density at radius 2 is 1.92 bits per heavy atom. The second-order valence-corrected chi connectivity index (χ2v) is 4.87. The zero-order valence-corrected chi connectivity index (χ0v) is 14.3. The van der Waals surface area contributed by atoms with Gasteiger partial charge in [-0.1, -0.05) is 0 Å². The molecule has 1 amide bonds. The molecule has 0 saturated heterocycles. The van der Waals surface area contributed by atoms with Crippen molar-refractivity contribution in [3.05, 3.63) is 47.3 Å². The number of carbonyl (C=O) groups is 1. The van der Waals surface area contributed by atoms with E-state index in [0.29, 0.717) is 11.1 Å². The van der Waals surface area contributed by atoms with Gasteiger partial charge in [0.2, 0.25) is 5.91 Å². The Morgan fingerprint density at radius 3 is 2.42 bits per heavy atom. The molecule has 10 heteroatoms. The first kappa shape index (κ1) is 22.2. The summed E-state index contributed by atoms with van der Waals surface area (Å²) in [5, 5.41) is 6.38. The third-order valence-electron chi connectivity index (χ3n) is 2.96. The molecule has 3 N–H and O–H groups in total. The lowest BCUT2D eigenvalue weighted by molar-refractivity contribution is -0.137. The number of aromatic nitrogens is 2. The molecule has 1 heterocycles. The van der Waals surface area contributed by atoms with Gasteiger partial charge in [0.15, 0.2) is 0 Å². The number of anilines is 1. The van der Waals surface area contributed by atoms with Crippen LogP contribution in [0.1, 0.15) is 16.7 Å². The lowest BCUT2D eigenvalue weighted by atomic mass is 10.1. The molecule has 0 unspecified atom stereocenters. The fraction of sp³-hybridized carbons (Fsp3) is 0.286. The van der Waals surface area contributed by atoms with Gasteiger partial charge in [0.05, 0.1) is 18.2 Å². The fourth-order valence-corrected chi connectivity index (χ4v) is 2.00. The van der Waals surface area contributed by atoms with Crippen LogP contribution < -0.4 is 11.1 Å². The van der Waals surface area contributed by atoms with E-state index in [9.17, 15) is 18.0 Å². The van der Waals surface area contributed by atoms with Gasteiger partial charge < -0.3 is 11.1 Å². The van der Waals surface area contributed by atoms with E-state index in [2.05, 4.69) is 10.4 Å². The topological polar surface area (TPSA) is 72.9 Å². The minimum Gasteiger partial charge on any atom is -0.326 e. The number of carbonyl (C=O) groups excluding carboxylic acids is 1. The smallest absolute Gasteiger partial charge is 0.326 e. The van der Waals surface area contributed by atoms with Gasteiger partial charge in [-0.2, -0.15) is 18.3 Å². The van der Waals surface area contributed by atoms with Crippen LogP contribution in [0.4, 0.5) is 18.9 Å². The third kappa shape index (κ3) is 6.03. The lowest BCUT2D eigenvalue weighted by Gasteiger charge is -2.12. The van der Waals surface area contributed by atoms with Gasteiger partial charge in [-0.15, -0.1) is 24.8 Å². The van der Waals surface area contributed by atoms with E-state index < -0.39 is 17.6 Å². The number of halogens is 5. The largest absolute Gasteiger partial charge is 0.416 e. The molecule has 0 spiro atoms. The lowest BCUT2D eigenvalue weighted by Crippen LogP contribution is -2.16. The summed E-state index contributed by atoms with van der Waals surface area (Å²) in [4.78, 5) is 11.9. The van der Waals surface area contributed by atoms with Crippen molar-refractivity contribution in [2.75, 3.05) is 5.32 Å². The van der Waals surface area contributed by atoms with Crippen molar-refractivity contribution in [2.24, 2.45) is 12.8 Å². The predicted octanol–water partition coefficient (Wildman–Crippen LogP) is 2.92. The van der Waals surface area contributed by atoms with E-state index >= 15 is 0 Å². The van der Waals surface area contributed by atoms with E-state index in [1.54, 1.807) is 17.9 Å². The van der Waals surface area contributed by atoms with E-state index in [1.807, 2.05) is 0 Å². The number of alkyl halides is 3. The number of amides is 1. The van der Waals surface area contributed by atoms with Gasteiger partial charge in [0.25, 0.3) is 0 Å². The molecule has 0 aliphatic rings. The van der Waals surface area contributed by atoms with Crippen molar-refractivity contribution in [1.82, 2.24) is 9.78 Å². The number of hydrogen-bond donors (Lipinski definition) is 2. The molecule has 0 fully saturated rings. The number of hydrogen-bond acceptors (Lipinski definition) is 3. The Morgan fingerprint density at radius 1 is 1.25 bits per heavy atom. The van der Waals surface area contributed by atoms with Crippen molar-refractivity contribution in [1.29, 1.82) is 0 Å². The standard InChI is InChI=1S/C14H15F3N4O.2ClH/c1-21-8-10(7-19-21)4-13(22)20-12-3-9(6-18)2-11(5-12)14(15,16)17;;/h2-3,5,7-8H,4,6,18H2,1H3,(H,20,22);2*1H. The molecule has 1 aromatic carbocycles. The molecular weight excluding hydrogens is 368 g/mol. The summed E-state index contributed by atoms with van der Waals surface area (Å²) in [6.07, 6.45) is -1.27. The quantitative estimate of drug-likeness (QED) is 0.850. The molecule has 1 aromatic heterocycles. The highest BCUT2D eigenvalue weighted by Gasteiger charge is 2.31. The highest BCUT2D eigenvalue weighted by Crippen LogP contribution is 2.32. The first-order valence-electron chi connectivity index (χ1n) is 6.46. The molecule has 0 aliphatic heterocycles. The molecule has 0 saturated carbocycles. The van der Waals surface area contributed by atoms with Crippen LogP contribution in [-0.2, 0) is 31.0 Å². The molecule has 0 bridgehead atoms. The van der Waals surface area contributed by atoms with Crippen LogP contribution in [0.2, 0.25) is 0 Å². The Balaban J connectivity index is 0.00000264. The minimum absolute atomic E-state index is 0. The zero-order valence-electron chi connectivity index (χ0n) is 12.6. The van der Waals surface area contributed by atoms with E-state index in [-0.39, 0.29) is 43.5 Å². The summed E-state index contributed by atoms with van der Waals surface area (Å²) < 4.78 is 40.0. The number of nitrogens with two attached hydrogens (primary N) is 1. The SMILES string of the molecule is Cl.Cl.Cn1cc(CC(=O)Nc2cc(CN)cc(C(F)(F)F)c2)cn1. The Labute approximate surface area is 149 Å². The fourth-order valence-electron chi connectivity index (χ4n) is 2.00. The molecule has 0 atom stereocenters. The number of benzene rings is 1. The minimum atomic E-state index is -4.49. The van der Waals surface area contributed by atoms with Crippen LogP contribution in [0.15, 0.2) is 30.6 Å². The highest BCUT2D eigenvalue weighted by atomic mass is 35.5.